The summed E-state index contributed by atoms with van der Waals surface area (Å²) >= 11 is 0. The largest absolute Gasteiger partial charge is 0.544 e. The minimum atomic E-state index is -4.13. The van der Waals surface area contributed by atoms with E-state index >= 15 is 0 Å². The zero-order valence-electron chi connectivity index (χ0n) is 14.3. The van der Waals surface area contributed by atoms with Crippen molar-refractivity contribution in [1.82, 2.24) is 0 Å². The van der Waals surface area contributed by atoms with Gasteiger partial charge in [0.05, 0.1) is 5.41 Å². The zero-order chi connectivity index (χ0) is 17.8. The Morgan fingerprint density at radius 2 is 1.48 bits per heavy atom. The van der Waals surface area contributed by atoms with Crippen molar-refractivity contribution in [3.63, 3.8) is 0 Å². The van der Waals surface area contributed by atoms with Crippen LogP contribution < -0.4 is 5.11 Å². The van der Waals surface area contributed by atoms with Gasteiger partial charge in [-0.05, 0) is 69.1 Å². The number of esters is 1. The van der Waals surface area contributed by atoms with E-state index in [9.17, 15) is 23.5 Å². The molecule has 0 N–H and O–H groups in total. The number of aliphatic carboxylic acids is 1. The maximum Gasteiger partial charge on any atom is 0.323 e. The summed E-state index contributed by atoms with van der Waals surface area (Å²) in [4.78, 5) is 24.0. The Labute approximate surface area is 146 Å². The molecule has 0 saturated heterocycles. The average molecular weight is 355 g/mol. The van der Waals surface area contributed by atoms with Crippen LogP contribution in [0.4, 0.5) is 8.78 Å². The molecule has 5 rings (SSSR count). The molecule has 4 nitrogen and oxygen atoms in total. The Morgan fingerprint density at radius 1 is 1.00 bits per heavy atom. The van der Waals surface area contributed by atoms with Crippen molar-refractivity contribution in [2.45, 2.75) is 76.2 Å². The SMILES string of the molecule is O=C(OC(C1CCCC1)C(F)(F)C(=O)[O-])C12CC3CC(CC(C3)C1)C2. The smallest absolute Gasteiger partial charge is 0.323 e. The molecule has 0 spiro atoms. The quantitative estimate of drug-likeness (QED) is 0.711. The fraction of sp³-hybridized carbons (Fsp3) is 0.895. The van der Waals surface area contributed by atoms with E-state index in [1.54, 1.807) is 0 Å². The van der Waals surface area contributed by atoms with Crippen LogP contribution in [0.3, 0.4) is 0 Å². The minimum absolute atomic E-state index is 0.474. The third kappa shape index (κ3) is 2.85. The minimum Gasteiger partial charge on any atom is -0.544 e. The van der Waals surface area contributed by atoms with Gasteiger partial charge in [0.25, 0.3) is 0 Å². The van der Waals surface area contributed by atoms with Gasteiger partial charge in [-0.15, -0.1) is 0 Å². The molecule has 5 aliphatic rings. The van der Waals surface area contributed by atoms with E-state index in [-0.39, 0.29) is 0 Å². The Hall–Kier alpha value is -1.20. The number of halogens is 2. The van der Waals surface area contributed by atoms with E-state index in [4.69, 9.17) is 4.74 Å². The zero-order valence-corrected chi connectivity index (χ0v) is 14.3. The van der Waals surface area contributed by atoms with Gasteiger partial charge in [0.2, 0.25) is 0 Å². The molecule has 6 heteroatoms. The second kappa shape index (κ2) is 5.92. The highest BCUT2D eigenvalue weighted by atomic mass is 19.3. The Bertz CT molecular complexity index is 532. The van der Waals surface area contributed by atoms with Crippen molar-refractivity contribution < 1.29 is 28.2 Å². The summed E-state index contributed by atoms with van der Waals surface area (Å²) in [6.45, 7) is 0. The standard InChI is InChI=1S/C19H26F2O4/c20-19(21,16(22)23)15(14-3-1-2-4-14)25-17(24)18-8-11-5-12(9-18)7-13(6-11)10-18/h11-15H,1-10H2,(H,22,23)/p-1. The van der Waals surface area contributed by atoms with E-state index < -0.39 is 35.3 Å². The number of ether oxygens (including phenoxy) is 1. The van der Waals surface area contributed by atoms with Gasteiger partial charge in [0.15, 0.2) is 6.10 Å². The van der Waals surface area contributed by atoms with Gasteiger partial charge in [0.1, 0.15) is 5.97 Å². The Balaban J connectivity index is 1.55. The molecule has 140 valence electrons. The summed E-state index contributed by atoms with van der Waals surface area (Å²) in [5.74, 6) is -6.27. The second-order valence-corrected chi connectivity index (χ2v) is 8.98. The highest BCUT2D eigenvalue weighted by molar-refractivity contribution is 5.79. The van der Waals surface area contributed by atoms with Crippen LogP contribution in [0.5, 0.6) is 0 Å². The molecule has 0 aromatic rings. The lowest BCUT2D eigenvalue weighted by atomic mass is 9.49. The number of alkyl halides is 2. The van der Waals surface area contributed by atoms with Crippen LogP contribution in [0.2, 0.25) is 0 Å². The Kier molecular flexibility index (Phi) is 4.08. The summed E-state index contributed by atoms with van der Waals surface area (Å²) < 4.78 is 33.8. The molecule has 0 aromatic heterocycles. The fourth-order valence-electron chi connectivity index (χ4n) is 6.44. The number of hydrogen-bond acceptors (Lipinski definition) is 4. The molecule has 0 amide bonds. The molecule has 4 bridgehead atoms. The molecule has 0 radical (unpaired) electrons. The maximum absolute atomic E-state index is 14.3. The van der Waals surface area contributed by atoms with Gasteiger partial charge >= 0.3 is 11.9 Å². The van der Waals surface area contributed by atoms with Crippen LogP contribution in [-0.4, -0.2) is 24.0 Å². The lowest BCUT2D eigenvalue weighted by Gasteiger charge is -2.55. The Morgan fingerprint density at radius 3 is 1.92 bits per heavy atom. The maximum atomic E-state index is 14.3. The highest BCUT2D eigenvalue weighted by Gasteiger charge is 2.58. The average Bonchev–Trinajstić information content (AvgIpc) is 3.04. The molecule has 1 atom stereocenters. The van der Waals surface area contributed by atoms with Crippen molar-refractivity contribution in [3.05, 3.63) is 0 Å². The molecule has 0 aliphatic heterocycles. The molecule has 25 heavy (non-hydrogen) atoms. The lowest BCUT2D eigenvalue weighted by Crippen LogP contribution is -2.56. The molecule has 0 heterocycles. The third-order valence-electron chi connectivity index (χ3n) is 7.16. The van der Waals surface area contributed by atoms with Crippen LogP contribution in [0.1, 0.15) is 64.2 Å². The molecule has 5 aliphatic carbocycles. The third-order valence-corrected chi connectivity index (χ3v) is 7.16. The molecule has 1 unspecified atom stereocenters. The predicted molar refractivity (Wildman–Crippen MR) is 82.4 cm³/mol. The normalized spacial score (nSPS) is 38.7. The van der Waals surface area contributed by atoms with Crippen LogP contribution in [0.25, 0.3) is 0 Å². The van der Waals surface area contributed by atoms with E-state index in [0.717, 1.165) is 32.1 Å². The van der Waals surface area contributed by atoms with Crippen molar-refractivity contribution in [2.24, 2.45) is 29.1 Å². The molecule has 0 aromatic carbocycles. The van der Waals surface area contributed by atoms with Crippen molar-refractivity contribution in [2.75, 3.05) is 0 Å². The van der Waals surface area contributed by atoms with Gasteiger partial charge in [0, 0.05) is 5.92 Å². The van der Waals surface area contributed by atoms with Crippen molar-refractivity contribution >= 4 is 11.9 Å². The van der Waals surface area contributed by atoms with Gasteiger partial charge in [-0.2, -0.15) is 8.78 Å². The van der Waals surface area contributed by atoms with E-state index in [1.165, 1.54) is 0 Å². The second-order valence-electron chi connectivity index (χ2n) is 8.98. The fourth-order valence-corrected chi connectivity index (χ4v) is 6.44. The summed E-state index contributed by atoms with van der Waals surface area (Å²) in [5.41, 5.74) is -0.659. The number of carboxylic acids is 1. The molecular formula is C19H25F2O4-. The van der Waals surface area contributed by atoms with E-state index in [0.29, 0.717) is 49.9 Å². The van der Waals surface area contributed by atoms with Gasteiger partial charge in [-0.1, -0.05) is 12.8 Å². The first-order chi connectivity index (χ1) is 11.8. The molecule has 5 saturated carbocycles. The highest BCUT2D eigenvalue weighted by Crippen LogP contribution is 2.60. The summed E-state index contributed by atoms with van der Waals surface area (Å²) in [6, 6.07) is 0. The summed E-state index contributed by atoms with van der Waals surface area (Å²) in [6.07, 6.45) is 6.13. The summed E-state index contributed by atoms with van der Waals surface area (Å²) in [7, 11) is 0. The van der Waals surface area contributed by atoms with Crippen LogP contribution in [0.15, 0.2) is 0 Å². The van der Waals surface area contributed by atoms with Crippen LogP contribution >= 0.6 is 0 Å². The molecular weight excluding hydrogens is 330 g/mol. The van der Waals surface area contributed by atoms with E-state index in [2.05, 4.69) is 0 Å². The number of carboxylic acid groups (broad SMARTS) is 1. The summed E-state index contributed by atoms with van der Waals surface area (Å²) in [5, 5.41) is 11.0. The van der Waals surface area contributed by atoms with Gasteiger partial charge in [-0.25, -0.2) is 0 Å². The number of carbonyl (C=O) groups is 2. The first-order valence-electron chi connectivity index (χ1n) is 9.60. The predicted octanol–water partition coefficient (Wildman–Crippen LogP) is 2.69. The van der Waals surface area contributed by atoms with Crippen LogP contribution in [0, 0.1) is 29.1 Å². The number of hydrogen-bond donors (Lipinski definition) is 0. The first-order valence-corrected chi connectivity index (χ1v) is 9.60. The van der Waals surface area contributed by atoms with Gasteiger partial charge in [-0.3, -0.25) is 4.79 Å². The van der Waals surface area contributed by atoms with E-state index in [1.807, 2.05) is 0 Å². The topological polar surface area (TPSA) is 66.4 Å². The van der Waals surface area contributed by atoms with Crippen molar-refractivity contribution in [1.29, 1.82) is 0 Å². The van der Waals surface area contributed by atoms with Crippen LogP contribution in [-0.2, 0) is 14.3 Å². The number of carbonyl (C=O) groups excluding carboxylic acids is 2. The van der Waals surface area contributed by atoms with Crippen molar-refractivity contribution in [3.8, 4) is 0 Å². The number of rotatable bonds is 5. The molecule has 5 fully saturated rings. The lowest BCUT2D eigenvalue weighted by molar-refractivity contribution is -0.338. The monoisotopic (exact) mass is 355 g/mol. The van der Waals surface area contributed by atoms with Gasteiger partial charge < -0.3 is 14.6 Å². The first kappa shape index (κ1) is 17.2.